The number of hydrogen-bond donors (Lipinski definition) is 3. The number of fused-ring (bicyclic) bond motifs is 1. The van der Waals surface area contributed by atoms with Crippen LogP contribution < -0.4 is 21.1 Å². The summed E-state index contributed by atoms with van der Waals surface area (Å²) in [6.07, 6.45) is 6.87. The maximum atomic E-state index is 14.0. The number of ether oxygens (including phenoxy) is 1. The quantitative estimate of drug-likeness (QED) is 0.298. The highest BCUT2D eigenvalue weighted by Gasteiger charge is 2.23. The highest BCUT2D eigenvalue weighted by Crippen LogP contribution is 2.31. The van der Waals surface area contributed by atoms with Crippen molar-refractivity contribution in [3.63, 3.8) is 0 Å². The SMILES string of the molecule is NC(=O)c1c(OCc2c(F)cc(Br)cc2F)nsc1NC(=O)NCCCCC1=CCn2cccc21. The number of hydrogen-bond acceptors (Lipinski definition) is 5. The van der Waals surface area contributed by atoms with Crippen LogP contribution in [0.25, 0.3) is 5.57 Å². The first-order valence-electron chi connectivity index (χ1n) is 10.8. The molecule has 1 aromatic carbocycles. The lowest BCUT2D eigenvalue weighted by Gasteiger charge is -2.09. The van der Waals surface area contributed by atoms with Crippen molar-refractivity contribution in [2.75, 3.05) is 11.9 Å². The number of rotatable bonds is 10. The number of halogens is 3. The number of anilines is 1. The second-order valence-electron chi connectivity index (χ2n) is 7.81. The summed E-state index contributed by atoms with van der Waals surface area (Å²) < 4.78 is 39.8. The van der Waals surface area contributed by atoms with Gasteiger partial charge >= 0.3 is 6.03 Å². The van der Waals surface area contributed by atoms with Gasteiger partial charge < -0.3 is 20.4 Å². The molecule has 0 spiro atoms. The summed E-state index contributed by atoms with van der Waals surface area (Å²) >= 11 is 3.79. The number of nitrogens with one attached hydrogen (secondary N) is 2. The highest BCUT2D eigenvalue weighted by molar-refractivity contribution is 9.10. The number of nitrogens with two attached hydrogens (primary N) is 1. The largest absolute Gasteiger partial charge is 0.471 e. The summed E-state index contributed by atoms with van der Waals surface area (Å²) in [5, 5.41) is 5.35. The molecule has 0 fully saturated rings. The van der Waals surface area contributed by atoms with E-state index in [1.54, 1.807) is 0 Å². The van der Waals surface area contributed by atoms with Crippen LogP contribution in [0, 0.1) is 11.6 Å². The van der Waals surface area contributed by atoms with Crippen molar-refractivity contribution < 1.29 is 23.1 Å². The molecule has 0 saturated heterocycles. The van der Waals surface area contributed by atoms with E-state index in [1.165, 1.54) is 11.3 Å². The van der Waals surface area contributed by atoms with Gasteiger partial charge in [-0.1, -0.05) is 22.0 Å². The molecular formula is C23H22BrF2N5O3S. The fourth-order valence-corrected chi connectivity index (χ4v) is 4.86. The van der Waals surface area contributed by atoms with E-state index in [9.17, 15) is 18.4 Å². The van der Waals surface area contributed by atoms with Crippen molar-refractivity contribution in [2.24, 2.45) is 5.73 Å². The molecule has 184 valence electrons. The molecule has 2 aromatic heterocycles. The Labute approximate surface area is 212 Å². The Morgan fingerprint density at radius 3 is 2.77 bits per heavy atom. The number of aromatic nitrogens is 2. The van der Waals surface area contributed by atoms with Gasteiger partial charge in [0, 0.05) is 29.5 Å². The normalized spacial score (nSPS) is 12.3. The number of amides is 3. The number of unbranched alkanes of at least 4 members (excludes halogenated alkanes) is 1. The number of nitrogens with zero attached hydrogens (tertiary/aromatic N) is 2. The van der Waals surface area contributed by atoms with E-state index in [1.807, 2.05) is 6.07 Å². The molecule has 8 nitrogen and oxygen atoms in total. The Kier molecular flexibility index (Phi) is 7.81. The van der Waals surface area contributed by atoms with E-state index in [0.717, 1.165) is 49.5 Å². The summed E-state index contributed by atoms with van der Waals surface area (Å²) in [4.78, 5) is 24.2. The summed E-state index contributed by atoms with van der Waals surface area (Å²) in [5.41, 5.74) is 7.48. The van der Waals surface area contributed by atoms with Crippen LogP contribution in [0.4, 0.5) is 18.6 Å². The molecule has 4 rings (SSSR count). The van der Waals surface area contributed by atoms with Gasteiger partial charge in [0.05, 0.1) is 5.56 Å². The molecule has 1 aliphatic rings. The van der Waals surface area contributed by atoms with Gasteiger partial charge in [-0.2, -0.15) is 4.37 Å². The number of urea groups is 1. The third-order valence-corrected chi connectivity index (χ3v) is 6.65. The molecule has 3 heterocycles. The number of primary amides is 1. The molecule has 1 aliphatic heterocycles. The Balaban J connectivity index is 1.27. The number of allylic oxidation sites excluding steroid dienone is 2. The Morgan fingerprint density at radius 1 is 1.26 bits per heavy atom. The fraction of sp³-hybridized carbons (Fsp3) is 0.261. The lowest BCUT2D eigenvalue weighted by molar-refractivity contribution is 0.0996. The van der Waals surface area contributed by atoms with E-state index in [2.05, 4.69) is 53.8 Å². The second kappa shape index (κ2) is 11.0. The van der Waals surface area contributed by atoms with Crippen LogP contribution in [0.3, 0.4) is 0 Å². The van der Waals surface area contributed by atoms with Crippen molar-refractivity contribution in [3.05, 3.63) is 69.5 Å². The predicted octanol–water partition coefficient (Wildman–Crippen LogP) is 5.05. The van der Waals surface area contributed by atoms with Gasteiger partial charge in [0.1, 0.15) is 28.8 Å². The molecule has 0 bridgehead atoms. The van der Waals surface area contributed by atoms with Crippen molar-refractivity contribution in [1.29, 1.82) is 0 Å². The van der Waals surface area contributed by atoms with Gasteiger partial charge in [-0.25, -0.2) is 13.6 Å². The first-order valence-corrected chi connectivity index (χ1v) is 12.3. The van der Waals surface area contributed by atoms with E-state index in [0.29, 0.717) is 6.54 Å². The molecule has 0 radical (unpaired) electrons. The van der Waals surface area contributed by atoms with Gasteiger partial charge in [0.25, 0.3) is 5.91 Å². The molecule has 0 atom stereocenters. The van der Waals surface area contributed by atoms with Crippen molar-refractivity contribution in [1.82, 2.24) is 14.3 Å². The van der Waals surface area contributed by atoms with Gasteiger partial charge in [0.2, 0.25) is 5.88 Å². The van der Waals surface area contributed by atoms with Gasteiger partial charge in [0.15, 0.2) is 0 Å². The summed E-state index contributed by atoms with van der Waals surface area (Å²) in [6.45, 7) is 0.826. The Bertz CT molecular complexity index is 1270. The number of carbonyl (C=O) groups excluding carboxylic acids is 2. The lowest BCUT2D eigenvalue weighted by Crippen LogP contribution is -2.30. The van der Waals surface area contributed by atoms with E-state index in [-0.39, 0.29) is 26.5 Å². The molecule has 0 saturated carbocycles. The monoisotopic (exact) mass is 565 g/mol. The molecule has 4 N–H and O–H groups in total. The van der Waals surface area contributed by atoms with Crippen LogP contribution in [-0.2, 0) is 13.2 Å². The standard InChI is InChI=1S/C23H22BrF2N5O3S/c24-14-10-16(25)15(17(26)11-14)12-34-21-19(20(27)32)22(35-30-21)29-23(33)28-7-2-1-4-13-6-9-31-8-3-5-18(13)31/h3,5-6,8,10-11H,1-2,4,7,9,12H2,(H2,27,32)(H2,28,29,33). The zero-order valence-electron chi connectivity index (χ0n) is 18.4. The fourth-order valence-electron chi connectivity index (χ4n) is 3.72. The van der Waals surface area contributed by atoms with Crippen LogP contribution in [0.2, 0.25) is 0 Å². The van der Waals surface area contributed by atoms with E-state index in [4.69, 9.17) is 10.5 Å². The first-order chi connectivity index (χ1) is 16.8. The minimum absolute atomic E-state index is 0.0821. The molecule has 3 aromatic rings. The van der Waals surface area contributed by atoms with E-state index >= 15 is 0 Å². The highest BCUT2D eigenvalue weighted by atomic mass is 79.9. The average molecular weight is 566 g/mol. The zero-order valence-corrected chi connectivity index (χ0v) is 20.8. The van der Waals surface area contributed by atoms with Crippen molar-refractivity contribution >= 4 is 50.0 Å². The van der Waals surface area contributed by atoms with Crippen molar-refractivity contribution in [2.45, 2.75) is 32.4 Å². The average Bonchev–Trinajstić information content (AvgIpc) is 3.50. The summed E-state index contributed by atoms with van der Waals surface area (Å²) in [5.74, 6) is -2.74. The number of carbonyl (C=O) groups is 2. The molecule has 12 heteroatoms. The molecule has 3 amide bonds. The second-order valence-corrected chi connectivity index (χ2v) is 9.49. The smallest absolute Gasteiger partial charge is 0.319 e. The predicted molar refractivity (Wildman–Crippen MR) is 132 cm³/mol. The van der Waals surface area contributed by atoms with Crippen molar-refractivity contribution in [3.8, 4) is 5.88 Å². The summed E-state index contributed by atoms with van der Waals surface area (Å²) in [7, 11) is 0. The summed E-state index contributed by atoms with van der Waals surface area (Å²) in [6, 6.07) is 5.79. The number of benzene rings is 1. The maximum absolute atomic E-state index is 14.0. The van der Waals surface area contributed by atoms with Crippen LogP contribution in [0.15, 0.2) is 41.0 Å². The van der Waals surface area contributed by atoms with Gasteiger partial charge in [-0.05, 0) is 60.6 Å². The van der Waals surface area contributed by atoms with Crippen LogP contribution in [0.5, 0.6) is 5.88 Å². The topological polar surface area (TPSA) is 111 Å². The third kappa shape index (κ3) is 5.88. The lowest BCUT2D eigenvalue weighted by atomic mass is 10.1. The Hall–Kier alpha value is -3.25. The van der Waals surface area contributed by atoms with Gasteiger partial charge in [-0.3, -0.25) is 10.1 Å². The maximum Gasteiger partial charge on any atom is 0.319 e. The van der Waals surface area contributed by atoms with Crippen LogP contribution in [0.1, 0.15) is 40.9 Å². The third-order valence-electron chi connectivity index (χ3n) is 5.44. The molecule has 0 unspecified atom stereocenters. The van der Waals surface area contributed by atoms with Crippen LogP contribution in [-0.4, -0.2) is 27.4 Å². The molecular weight excluding hydrogens is 544 g/mol. The minimum atomic E-state index is -0.893. The molecule has 0 aliphatic carbocycles. The zero-order chi connectivity index (χ0) is 24.9. The first kappa shape index (κ1) is 24.9. The van der Waals surface area contributed by atoms with E-state index < -0.39 is 30.2 Å². The molecule has 35 heavy (non-hydrogen) atoms. The minimum Gasteiger partial charge on any atom is -0.471 e. The van der Waals surface area contributed by atoms with Gasteiger partial charge in [-0.15, -0.1) is 0 Å². The Morgan fingerprint density at radius 2 is 2.03 bits per heavy atom. The van der Waals surface area contributed by atoms with Crippen LogP contribution >= 0.6 is 27.5 Å².